The third-order valence-corrected chi connectivity index (χ3v) is 4.43. The largest absolute Gasteiger partial charge is 0.484 e. The van der Waals surface area contributed by atoms with Gasteiger partial charge < -0.3 is 14.5 Å². The van der Waals surface area contributed by atoms with Gasteiger partial charge in [0, 0.05) is 6.54 Å². The molecule has 5 nitrogen and oxygen atoms in total. The van der Waals surface area contributed by atoms with Crippen LogP contribution in [0.15, 0.2) is 41.0 Å². The topological polar surface area (TPSA) is 54.7 Å². The first-order valence-corrected chi connectivity index (χ1v) is 8.34. The van der Waals surface area contributed by atoms with Crippen LogP contribution in [-0.2, 0) is 17.6 Å². The smallest absolute Gasteiger partial charge is 0.258 e. The minimum atomic E-state index is -0.131. The molecule has 1 heterocycles. The molecular weight excluding hydrogens is 304 g/mol. The predicted octanol–water partition coefficient (Wildman–Crippen LogP) is 2.57. The fourth-order valence-corrected chi connectivity index (χ4v) is 3.07. The van der Waals surface area contributed by atoms with E-state index in [-0.39, 0.29) is 18.6 Å². The molecule has 3 rings (SSSR count). The van der Waals surface area contributed by atoms with Gasteiger partial charge in [-0.3, -0.25) is 9.69 Å². The summed E-state index contributed by atoms with van der Waals surface area (Å²) in [5.41, 5.74) is 2.75. The SMILES string of the molecule is CN(C)[C@@H](CNC(=O)COc1ccc2c(c1)CCC2)c1ccco1. The van der Waals surface area contributed by atoms with Crippen molar-refractivity contribution in [2.75, 3.05) is 27.2 Å². The van der Waals surface area contributed by atoms with Crippen LogP contribution in [0.25, 0.3) is 0 Å². The van der Waals surface area contributed by atoms with Gasteiger partial charge in [0.1, 0.15) is 11.5 Å². The lowest BCUT2D eigenvalue weighted by Crippen LogP contribution is -2.36. The Morgan fingerprint density at radius 2 is 2.12 bits per heavy atom. The molecule has 0 saturated heterocycles. The molecule has 1 atom stereocenters. The highest BCUT2D eigenvalue weighted by molar-refractivity contribution is 5.77. The number of likely N-dealkylation sites (N-methyl/N-ethyl adjacent to an activating group) is 1. The van der Waals surface area contributed by atoms with E-state index in [1.807, 2.05) is 37.2 Å². The average molecular weight is 328 g/mol. The van der Waals surface area contributed by atoms with Gasteiger partial charge in [0.15, 0.2) is 6.61 Å². The minimum Gasteiger partial charge on any atom is -0.484 e. The van der Waals surface area contributed by atoms with Gasteiger partial charge >= 0.3 is 0 Å². The lowest BCUT2D eigenvalue weighted by molar-refractivity contribution is -0.123. The van der Waals surface area contributed by atoms with Crippen LogP contribution in [0.3, 0.4) is 0 Å². The van der Waals surface area contributed by atoms with Crippen LogP contribution >= 0.6 is 0 Å². The summed E-state index contributed by atoms with van der Waals surface area (Å²) in [5.74, 6) is 1.47. The molecule has 128 valence electrons. The Bertz CT molecular complexity index is 680. The molecule has 0 radical (unpaired) electrons. The third kappa shape index (κ3) is 3.97. The monoisotopic (exact) mass is 328 g/mol. The van der Waals surface area contributed by atoms with E-state index in [0.29, 0.717) is 6.54 Å². The van der Waals surface area contributed by atoms with Gasteiger partial charge in [-0.15, -0.1) is 0 Å². The van der Waals surface area contributed by atoms with Crippen LogP contribution in [0.4, 0.5) is 0 Å². The Labute approximate surface area is 142 Å². The number of nitrogens with zero attached hydrogens (tertiary/aromatic N) is 1. The number of aryl methyl sites for hydroxylation is 2. The lowest BCUT2D eigenvalue weighted by Gasteiger charge is -2.22. The quantitative estimate of drug-likeness (QED) is 0.849. The molecule has 1 aromatic heterocycles. The van der Waals surface area contributed by atoms with Crippen molar-refractivity contribution in [1.29, 1.82) is 0 Å². The summed E-state index contributed by atoms with van der Waals surface area (Å²) in [7, 11) is 3.92. The summed E-state index contributed by atoms with van der Waals surface area (Å²) in [5, 5.41) is 2.91. The molecule has 1 aliphatic carbocycles. The number of hydrogen-bond donors (Lipinski definition) is 1. The number of fused-ring (bicyclic) bond motifs is 1. The van der Waals surface area contributed by atoms with E-state index in [9.17, 15) is 4.79 Å². The second kappa shape index (κ2) is 7.53. The van der Waals surface area contributed by atoms with Gasteiger partial charge in [0.25, 0.3) is 5.91 Å². The molecule has 0 saturated carbocycles. The van der Waals surface area contributed by atoms with Crippen molar-refractivity contribution in [2.45, 2.75) is 25.3 Å². The van der Waals surface area contributed by atoms with E-state index >= 15 is 0 Å². The molecule has 1 aromatic carbocycles. The van der Waals surface area contributed by atoms with Gasteiger partial charge in [-0.05, 0) is 68.8 Å². The number of hydrogen-bond acceptors (Lipinski definition) is 4. The summed E-state index contributed by atoms with van der Waals surface area (Å²) in [6, 6.07) is 9.88. The van der Waals surface area contributed by atoms with Crippen LogP contribution in [0.2, 0.25) is 0 Å². The highest BCUT2D eigenvalue weighted by Gasteiger charge is 2.18. The van der Waals surface area contributed by atoms with E-state index in [4.69, 9.17) is 9.15 Å². The Balaban J connectivity index is 1.49. The lowest BCUT2D eigenvalue weighted by atomic mass is 10.1. The summed E-state index contributed by atoms with van der Waals surface area (Å²) in [6.07, 6.45) is 5.10. The van der Waals surface area contributed by atoms with E-state index in [2.05, 4.69) is 17.4 Å². The number of nitrogens with one attached hydrogen (secondary N) is 1. The molecule has 24 heavy (non-hydrogen) atoms. The first-order valence-electron chi connectivity index (χ1n) is 8.34. The number of benzene rings is 1. The maximum atomic E-state index is 12.1. The molecule has 0 spiro atoms. The second-order valence-electron chi connectivity index (χ2n) is 6.37. The summed E-state index contributed by atoms with van der Waals surface area (Å²) >= 11 is 0. The number of furan rings is 1. The van der Waals surface area contributed by atoms with Gasteiger partial charge in [0.2, 0.25) is 0 Å². The van der Waals surface area contributed by atoms with E-state index in [1.165, 1.54) is 17.5 Å². The molecule has 1 aliphatic rings. The highest BCUT2D eigenvalue weighted by Crippen LogP contribution is 2.26. The Morgan fingerprint density at radius 1 is 1.29 bits per heavy atom. The molecular formula is C19H24N2O3. The number of rotatable bonds is 7. The fraction of sp³-hybridized carbons (Fsp3) is 0.421. The van der Waals surface area contributed by atoms with Crippen LogP contribution < -0.4 is 10.1 Å². The maximum absolute atomic E-state index is 12.1. The summed E-state index contributed by atoms with van der Waals surface area (Å²) in [6.45, 7) is 0.504. The van der Waals surface area contributed by atoms with Crippen molar-refractivity contribution in [3.8, 4) is 5.75 Å². The van der Waals surface area contributed by atoms with Crippen LogP contribution in [0, 0.1) is 0 Å². The summed E-state index contributed by atoms with van der Waals surface area (Å²) in [4.78, 5) is 14.1. The molecule has 2 aromatic rings. The van der Waals surface area contributed by atoms with Crippen molar-refractivity contribution in [3.63, 3.8) is 0 Å². The van der Waals surface area contributed by atoms with Crippen LogP contribution in [0.1, 0.15) is 29.3 Å². The van der Waals surface area contributed by atoms with Gasteiger partial charge in [0.05, 0.1) is 12.3 Å². The molecule has 0 fully saturated rings. The first-order chi connectivity index (χ1) is 11.6. The fourth-order valence-electron chi connectivity index (χ4n) is 3.07. The van der Waals surface area contributed by atoms with Crippen LogP contribution in [-0.4, -0.2) is 38.1 Å². The minimum absolute atomic E-state index is 0.00365. The third-order valence-electron chi connectivity index (χ3n) is 4.43. The average Bonchev–Trinajstić information content (AvgIpc) is 3.23. The molecule has 0 aliphatic heterocycles. The summed E-state index contributed by atoms with van der Waals surface area (Å²) < 4.78 is 11.1. The Kier molecular flexibility index (Phi) is 5.20. The molecule has 1 N–H and O–H groups in total. The van der Waals surface area contributed by atoms with E-state index < -0.39 is 0 Å². The number of carbonyl (C=O) groups excluding carboxylic acids is 1. The zero-order chi connectivity index (χ0) is 16.9. The van der Waals surface area contributed by atoms with Crippen molar-refractivity contribution >= 4 is 5.91 Å². The maximum Gasteiger partial charge on any atom is 0.258 e. The predicted molar refractivity (Wildman–Crippen MR) is 92.1 cm³/mol. The highest BCUT2D eigenvalue weighted by atomic mass is 16.5. The van der Waals surface area contributed by atoms with Crippen LogP contribution in [0.5, 0.6) is 5.75 Å². The first kappa shape index (κ1) is 16.6. The second-order valence-corrected chi connectivity index (χ2v) is 6.37. The van der Waals surface area contributed by atoms with E-state index in [1.54, 1.807) is 6.26 Å². The number of carbonyl (C=O) groups is 1. The van der Waals surface area contributed by atoms with Gasteiger partial charge in [-0.1, -0.05) is 6.07 Å². The van der Waals surface area contributed by atoms with E-state index in [0.717, 1.165) is 24.4 Å². The van der Waals surface area contributed by atoms with Crippen molar-refractivity contribution in [2.24, 2.45) is 0 Å². The molecule has 5 heteroatoms. The standard InChI is InChI=1S/C19H24N2O3/c1-21(2)17(18-7-4-10-23-18)12-20-19(22)13-24-16-9-8-14-5-3-6-15(14)11-16/h4,7-11,17H,3,5-6,12-13H2,1-2H3,(H,20,22)/t17-/m0/s1. The van der Waals surface area contributed by atoms with Crippen molar-refractivity contribution in [1.82, 2.24) is 10.2 Å². The van der Waals surface area contributed by atoms with Gasteiger partial charge in [-0.25, -0.2) is 0 Å². The molecule has 0 unspecified atom stereocenters. The zero-order valence-corrected chi connectivity index (χ0v) is 14.2. The van der Waals surface area contributed by atoms with Crippen molar-refractivity contribution < 1.29 is 13.9 Å². The normalized spacial score (nSPS) is 14.5. The Hall–Kier alpha value is -2.27. The van der Waals surface area contributed by atoms with Crippen molar-refractivity contribution in [3.05, 3.63) is 53.5 Å². The number of ether oxygens (including phenoxy) is 1. The molecule has 1 amide bonds. The Morgan fingerprint density at radius 3 is 2.88 bits per heavy atom. The zero-order valence-electron chi connectivity index (χ0n) is 14.2. The number of amides is 1. The van der Waals surface area contributed by atoms with Gasteiger partial charge in [-0.2, -0.15) is 0 Å². The molecule has 0 bridgehead atoms.